The largest absolute Gasteiger partial charge is 0.481 e. The average Bonchev–Trinajstić information content (AvgIpc) is 3.44. The summed E-state index contributed by atoms with van der Waals surface area (Å²) in [6.07, 6.45) is 6.04. The molecule has 2 aliphatic rings. The summed E-state index contributed by atoms with van der Waals surface area (Å²) in [6, 6.07) is 3.45. The molecule has 1 aliphatic heterocycles. The van der Waals surface area contributed by atoms with E-state index < -0.39 is 0 Å². The van der Waals surface area contributed by atoms with E-state index in [2.05, 4.69) is 24.0 Å². The number of rotatable bonds is 6. The number of likely N-dealkylation sites (tertiary alicyclic amines) is 1. The molecular weight excluding hydrogens is 318 g/mol. The van der Waals surface area contributed by atoms with Crippen molar-refractivity contribution >= 4 is 5.91 Å². The highest BCUT2D eigenvalue weighted by atomic mass is 16.5. The Labute approximate surface area is 150 Å². The summed E-state index contributed by atoms with van der Waals surface area (Å²) in [6.45, 7) is 1.55. The van der Waals surface area contributed by atoms with Crippen LogP contribution in [0.25, 0.3) is 0 Å². The van der Waals surface area contributed by atoms with E-state index in [9.17, 15) is 4.79 Å². The average molecular weight is 347 g/mol. The van der Waals surface area contributed by atoms with Gasteiger partial charge in [0.05, 0.1) is 14.2 Å². The number of hydrogen-bond donors (Lipinski definition) is 0. The number of carbonyl (C=O) groups is 1. The summed E-state index contributed by atoms with van der Waals surface area (Å²) >= 11 is 0. The first-order valence-electron chi connectivity index (χ1n) is 9.05. The Bertz CT molecular complexity index is 620. The molecule has 138 valence electrons. The van der Waals surface area contributed by atoms with E-state index in [1.165, 1.54) is 26.4 Å². The molecule has 1 aromatic heterocycles. The van der Waals surface area contributed by atoms with Gasteiger partial charge in [0.25, 0.3) is 5.91 Å². The molecule has 2 heterocycles. The maximum absolute atomic E-state index is 12.9. The fourth-order valence-electron chi connectivity index (χ4n) is 3.85. The molecule has 0 radical (unpaired) electrons. The first kappa shape index (κ1) is 18.0. The molecule has 1 saturated carbocycles. The molecule has 6 nitrogen and oxygen atoms in total. The van der Waals surface area contributed by atoms with Crippen LogP contribution in [0, 0.1) is 5.92 Å². The smallest absolute Gasteiger partial charge is 0.259 e. The van der Waals surface area contributed by atoms with Crippen LogP contribution in [0.2, 0.25) is 0 Å². The molecule has 0 spiro atoms. The maximum atomic E-state index is 12.9. The Hall–Kier alpha value is -1.82. The zero-order valence-corrected chi connectivity index (χ0v) is 15.7. The third-order valence-electron chi connectivity index (χ3n) is 5.76. The van der Waals surface area contributed by atoms with Gasteiger partial charge in [0.2, 0.25) is 11.8 Å². The molecule has 6 heteroatoms. The van der Waals surface area contributed by atoms with E-state index in [-0.39, 0.29) is 11.4 Å². The van der Waals surface area contributed by atoms with Crippen molar-refractivity contribution in [1.82, 2.24) is 14.8 Å². The van der Waals surface area contributed by atoms with E-state index in [1.54, 1.807) is 19.2 Å². The zero-order valence-electron chi connectivity index (χ0n) is 15.7. The van der Waals surface area contributed by atoms with Gasteiger partial charge in [-0.15, -0.1) is 0 Å². The van der Waals surface area contributed by atoms with Crippen molar-refractivity contribution in [3.63, 3.8) is 0 Å². The zero-order chi connectivity index (χ0) is 18.0. The number of carbonyl (C=O) groups excluding carboxylic acids is 1. The third kappa shape index (κ3) is 3.73. The summed E-state index contributed by atoms with van der Waals surface area (Å²) < 4.78 is 10.4. The minimum atomic E-state index is -0.00854. The predicted molar refractivity (Wildman–Crippen MR) is 96.2 cm³/mol. The number of ether oxygens (including phenoxy) is 2. The van der Waals surface area contributed by atoms with E-state index in [0.717, 1.165) is 31.8 Å². The van der Waals surface area contributed by atoms with Crippen LogP contribution in [0.4, 0.5) is 0 Å². The monoisotopic (exact) mass is 347 g/mol. The lowest BCUT2D eigenvalue weighted by Crippen LogP contribution is -2.54. The van der Waals surface area contributed by atoms with Gasteiger partial charge in [0.1, 0.15) is 5.56 Å². The lowest BCUT2D eigenvalue weighted by molar-refractivity contribution is 0.0361. The Balaban J connectivity index is 1.70. The van der Waals surface area contributed by atoms with Gasteiger partial charge in [-0.25, -0.2) is 0 Å². The normalized spacial score (nSPS) is 19.8. The van der Waals surface area contributed by atoms with Gasteiger partial charge in [-0.05, 0) is 45.3 Å². The SMILES string of the molecule is COc1ccc(C(=O)N2CCC(CC3CC3)(N(C)C)CC2)c(OC)n1. The van der Waals surface area contributed by atoms with Crippen LogP contribution < -0.4 is 9.47 Å². The quantitative estimate of drug-likeness (QED) is 0.791. The minimum absolute atomic E-state index is 0.00854. The van der Waals surface area contributed by atoms with Crippen LogP contribution >= 0.6 is 0 Å². The van der Waals surface area contributed by atoms with Crippen LogP contribution in [0.5, 0.6) is 11.8 Å². The predicted octanol–water partition coefficient (Wildman–Crippen LogP) is 2.44. The van der Waals surface area contributed by atoms with E-state index >= 15 is 0 Å². The van der Waals surface area contributed by atoms with Crippen molar-refractivity contribution in [3.05, 3.63) is 17.7 Å². The molecule has 1 amide bonds. The maximum Gasteiger partial charge on any atom is 0.259 e. The van der Waals surface area contributed by atoms with Gasteiger partial charge >= 0.3 is 0 Å². The van der Waals surface area contributed by atoms with Crippen molar-refractivity contribution < 1.29 is 14.3 Å². The Kier molecular flexibility index (Phi) is 5.18. The van der Waals surface area contributed by atoms with Gasteiger partial charge in [0, 0.05) is 24.7 Å². The molecule has 1 aliphatic carbocycles. The number of piperidine rings is 1. The summed E-state index contributed by atoms with van der Waals surface area (Å²) in [5.41, 5.74) is 0.739. The second kappa shape index (κ2) is 7.20. The lowest BCUT2D eigenvalue weighted by Gasteiger charge is -2.46. The van der Waals surface area contributed by atoms with E-state index in [0.29, 0.717) is 17.3 Å². The van der Waals surface area contributed by atoms with Gasteiger partial charge in [-0.1, -0.05) is 12.8 Å². The summed E-state index contributed by atoms with van der Waals surface area (Å²) in [5, 5.41) is 0. The molecule has 1 aromatic rings. The summed E-state index contributed by atoms with van der Waals surface area (Å²) in [7, 11) is 7.43. The summed E-state index contributed by atoms with van der Waals surface area (Å²) in [4.78, 5) is 21.5. The van der Waals surface area contributed by atoms with Gasteiger partial charge in [-0.3, -0.25) is 4.79 Å². The lowest BCUT2D eigenvalue weighted by atomic mass is 9.81. The van der Waals surface area contributed by atoms with Crippen LogP contribution in [0.1, 0.15) is 42.5 Å². The summed E-state index contributed by atoms with van der Waals surface area (Å²) in [5.74, 6) is 1.65. The second-order valence-corrected chi connectivity index (χ2v) is 7.47. The fraction of sp³-hybridized carbons (Fsp3) is 0.684. The van der Waals surface area contributed by atoms with E-state index in [1.807, 2.05) is 4.90 Å². The van der Waals surface area contributed by atoms with Crippen LogP contribution in [0.3, 0.4) is 0 Å². The molecule has 0 bridgehead atoms. The second-order valence-electron chi connectivity index (χ2n) is 7.47. The molecule has 1 saturated heterocycles. The topological polar surface area (TPSA) is 54.9 Å². The highest BCUT2D eigenvalue weighted by Crippen LogP contribution is 2.43. The highest BCUT2D eigenvalue weighted by molar-refractivity contribution is 5.96. The first-order valence-corrected chi connectivity index (χ1v) is 9.05. The van der Waals surface area contributed by atoms with Crippen molar-refractivity contribution in [2.45, 2.75) is 37.6 Å². The van der Waals surface area contributed by atoms with Crippen molar-refractivity contribution in [2.75, 3.05) is 41.4 Å². The molecule has 2 fully saturated rings. The van der Waals surface area contributed by atoms with Crippen LogP contribution in [-0.2, 0) is 0 Å². The molecule has 0 atom stereocenters. The molecule has 0 N–H and O–H groups in total. The minimum Gasteiger partial charge on any atom is -0.481 e. The van der Waals surface area contributed by atoms with Crippen molar-refractivity contribution in [1.29, 1.82) is 0 Å². The van der Waals surface area contributed by atoms with Gasteiger partial charge < -0.3 is 19.3 Å². The number of methoxy groups -OCH3 is 2. The first-order chi connectivity index (χ1) is 12.0. The van der Waals surface area contributed by atoms with Crippen molar-refractivity contribution in [3.8, 4) is 11.8 Å². The molecular formula is C19H29N3O3. The Morgan fingerprint density at radius 2 is 1.92 bits per heavy atom. The van der Waals surface area contributed by atoms with Crippen LogP contribution in [-0.4, -0.2) is 67.6 Å². The number of hydrogen-bond acceptors (Lipinski definition) is 5. The number of amides is 1. The fourth-order valence-corrected chi connectivity index (χ4v) is 3.85. The van der Waals surface area contributed by atoms with Gasteiger partial charge in [0.15, 0.2) is 0 Å². The van der Waals surface area contributed by atoms with Crippen LogP contribution in [0.15, 0.2) is 12.1 Å². The number of nitrogens with zero attached hydrogens (tertiary/aromatic N) is 3. The number of aromatic nitrogens is 1. The van der Waals surface area contributed by atoms with Gasteiger partial charge in [-0.2, -0.15) is 4.98 Å². The molecule has 0 unspecified atom stereocenters. The highest BCUT2D eigenvalue weighted by Gasteiger charge is 2.42. The third-order valence-corrected chi connectivity index (χ3v) is 5.76. The molecule has 3 rings (SSSR count). The molecule has 25 heavy (non-hydrogen) atoms. The number of pyridine rings is 1. The Morgan fingerprint density at radius 1 is 1.24 bits per heavy atom. The van der Waals surface area contributed by atoms with E-state index in [4.69, 9.17) is 9.47 Å². The Morgan fingerprint density at radius 3 is 2.44 bits per heavy atom. The standard InChI is InChI=1S/C19H29N3O3/c1-21(2)19(13-14-5-6-14)9-11-22(12-10-19)18(23)15-7-8-16(24-3)20-17(15)25-4/h7-8,14H,5-6,9-13H2,1-4H3. The van der Waals surface area contributed by atoms with Crippen molar-refractivity contribution in [2.24, 2.45) is 5.92 Å². The molecule has 0 aromatic carbocycles.